The Labute approximate surface area is 123 Å². The number of hydrogen-bond donors (Lipinski definition) is 0. The van der Waals surface area contributed by atoms with E-state index in [-0.39, 0.29) is 0 Å². The SMILES string of the molecule is C[CH]COc1coc2c(-c3ccc(Cl)cc3)ccc-2c1. The molecule has 3 heteroatoms. The molecule has 1 aliphatic carbocycles. The molecule has 2 nitrogen and oxygen atoms in total. The van der Waals surface area contributed by atoms with Crippen LogP contribution in [0.15, 0.2) is 53.1 Å². The van der Waals surface area contributed by atoms with Crippen LogP contribution >= 0.6 is 11.6 Å². The van der Waals surface area contributed by atoms with Crippen LogP contribution in [-0.4, -0.2) is 6.61 Å². The number of rotatable bonds is 4. The fourth-order valence-corrected chi connectivity index (χ4v) is 2.27. The molecule has 1 aromatic carbocycles. The fourth-order valence-electron chi connectivity index (χ4n) is 2.14. The second-order valence-electron chi connectivity index (χ2n) is 4.54. The quantitative estimate of drug-likeness (QED) is 0.648. The first kappa shape index (κ1) is 13.1. The maximum absolute atomic E-state index is 5.92. The average molecular weight is 286 g/mol. The van der Waals surface area contributed by atoms with Gasteiger partial charge >= 0.3 is 0 Å². The highest BCUT2D eigenvalue weighted by molar-refractivity contribution is 6.30. The zero-order valence-corrected chi connectivity index (χ0v) is 11.9. The van der Waals surface area contributed by atoms with E-state index in [1.165, 1.54) is 0 Å². The predicted molar refractivity (Wildman–Crippen MR) is 81.2 cm³/mol. The Morgan fingerprint density at radius 3 is 2.60 bits per heavy atom. The van der Waals surface area contributed by atoms with Gasteiger partial charge in [-0.3, -0.25) is 0 Å². The average Bonchev–Trinajstić information content (AvgIpc) is 2.89. The van der Waals surface area contributed by atoms with Crippen LogP contribution in [0.25, 0.3) is 22.5 Å². The van der Waals surface area contributed by atoms with Crippen molar-refractivity contribution in [2.75, 3.05) is 6.61 Å². The van der Waals surface area contributed by atoms with Gasteiger partial charge in [0, 0.05) is 16.1 Å². The Bertz CT molecular complexity index is 670. The molecule has 1 aliphatic heterocycles. The molecule has 0 spiro atoms. The van der Waals surface area contributed by atoms with Gasteiger partial charge in [-0.15, -0.1) is 0 Å². The molecular weight excluding hydrogens is 272 g/mol. The monoisotopic (exact) mass is 285 g/mol. The van der Waals surface area contributed by atoms with Crippen LogP contribution in [0.4, 0.5) is 0 Å². The summed E-state index contributed by atoms with van der Waals surface area (Å²) in [6.45, 7) is 2.53. The third kappa shape index (κ3) is 2.52. The smallest absolute Gasteiger partial charge is 0.155 e. The lowest BCUT2D eigenvalue weighted by Gasteiger charge is -2.07. The van der Waals surface area contributed by atoms with E-state index in [0.29, 0.717) is 6.61 Å². The zero-order chi connectivity index (χ0) is 13.9. The molecule has 0 unspecified atom stereocenters. The number of benzene rings is 1. The summed E-state index contributed by atoms with van der Waals surface area (Å²) in [5, 5.41) is 0.730. The minimum atomic E-state index is 0.575. The van der Waals surface area contributed by atoms with Gasteiger partial charge in [0.25, 0.3) is 0 Å². The van der Waals surface area contributed by atoms with E-state index in [1.807, 2.05) is 55.8 Å². The Balaban J connectivity index is 1.96. The number of halogens is 1. The van der Waals surface area contributed by atoms with E-state index >= 15 is 0 Å². The van der Waals surface area contributed by atoms with Gasteiger partial charge in [-0.1, -0.05) is 36.7 Å². The largest absolute Gasteiger partial charge is 0.490 e. The second kappa shape index (κ2) is 5.59. The summed E-state index contributed by atoms with van der Waals surface area (Å²) in [6, 6.07) is 13.8. The summed E-state index contributed by atoms with van der Waals surface area (Å²) in [6.07, 6.45) is 3.60. The molecule has 1 radical (unpaired) electrons. The van der Waals surface area contributed by atoms with Crippen molar-refractivity contribution < 1.29 is 9.15 Å². The lowest BCUT2D eigenvalue weighted by atomic mass is 10.1. The molecule has 20 heavy (non-hydrogen) atoms. The molecule has 0 atom stereocenters. The van der Waals surface area contributed by atoms with E-state index in [9.17, 15) is 0 Å². The summed E-state index contributed by atoms with van der Waals surface area (Å²) < 4.78 is 11.3. The van der Waals surface area contributed by atoms with Crippen molar-refractivity contribution in [2.45, 2.75) is 6.92 Å². The molecule has 1 heterocycles. The zero-order valence-electron chi connectivity index (χ0n) is 11.1. The molecule has 0 N–H and O–H groups in total. The summed E-state index contributed by atoms with van der Waals surface area (Å²) in [5.41, 5.74) is 3.18. The summed E-state index contributed by atoms with van der Waals surface area (Å²) in [7, 11) is 0. The molecule has 0 fully saturated rings. The van der Waals surface area contributed by atoms with Crippen LogP contribution in [0.2, 0.25) is 5.02 Å². The van der Waals surface area contributed by atoms with Crippen LogP contribution in [-0.2, 0) is 0 Å². The molecule has 0 saturated heterocycles. The first-order valence-electron chi connectivity index (χ1n) is 6.46. The molecule has 101 valence electrons. The van der Waals surface area contributed by atoms with E-state index in [0.717, 1.165) is 33.2 Å². The van der Waals surface area contributed by atoms with Gasteiger partial charge in [-0.2, -0.15) is 0 Å². The van der Waals surface area contributed by atoms with Crippen LogP contribution in [0.1, 0.15) is 6.92 Å². The van der Waals surface area contributed by atoms with E-state index in [2.05, 4.69) is 0 Å². The van der Waals surface area contributed by atoms with Crippen molar-refractivity contribution >= 4 is 11.6 Å². The third-order valence-corrected chi connectivity index (χ3v) is 3.35. The Kier molecular flexibility index (Phi) is 3.66. The highest BCUT2D eigenvalue weighted by Gasteiger charge is 2.14. The van der Waals surface area contributed by atoms with Gasteiger partial charge in [0.1, 0.15) is 12.0 Å². The Hall–Kier alpha value is -1.93. The normalized spacial score (nSPS) is 10.9. The highest BCUT2D eigenvalue weighted by Crippen LogP contribution is 2.37. The summed E-state index contributed by atoms with van der Waals surface area (Å²) in [4.78, 5) is 0. The number of fused-ring (bicyclic) bond motifs is 1. The first-order chi connectivity index (χ1) is 9.78. The maximum atomic E-state index is 5.92. The van der Waals surface area contributed by atoms with Crippen LogP contribution < -0.4 is 4.74 Å². The van der Waals surface area contributed by atoms with Crippen molar-refractivity contribution in [3.05, 3.63) is 60.2 Å². The van der Waals surface area contributed by atoms with Gasteiger partial charge in [0.15, 0.2) is 5.75 Å². The lowest BCUT2D eigenvalue weighted by molar-refractivity contribution is 0.336. The third-order valence-electron chi connectivity index (χ3n) is 3.10. The van der Waals surface area contributed by atoms with Crippen LogP contribution in [0.5, 0.6) is 5.75 Å². The molecule has 0 bridgehead atoms. The van der Waals surface area contributed by atoms with E-state index < -0.39 is 0 Å². The van der Waals surface area contributed by atoms with Gasteiger partial charge < -0.3 is 9.15 Å². The van der Waals surface area contributed by atoms with Gasteiger partial charge in [0.2, 0.25) is 0 Å². The number of hydrogen-bond acceptors (Lipinski definition) is 2. The van der Waals surface area contributed by atoms with Crippen LogP contribution in [0, 0.1) is 6.42 Å². The molecule has 1 aromatic rings. The Morgan fingerprint density at radius 2 is 1.85 bits per heavy atom. The van der Waals surface area contributed by atoms with Crippen molar-refractivity contribution in [1.29, 1.82) is 0 Å². The maximum Gasteiger partial charge on any atom is 0.155 e. The van der Waals surface area contributed by atoms with E-state index in [4.69, 9.17) is 20.8 Å². The highest BCUT2D eigenvalue weighted by atomic mass is 35.5. The second-order valence-corrected chi connectivity index (χ2v) is 4.98. The topological polar surface area (TPSA) is 22.4 Å². The Morgan fingerprint density at radius 1 is 1.10 bits per heavy atom. The van der Waals surface area contributed by atoms with Crippen molar-refractivity contribution in [2.24, 2.45) is 0 Å². The van der Waals surface area contributed by atoms with Crippen molar-refractivity contribution in [3.8, 4) is 28.2 Å². The molecule has 0 saturated carbocycles. The summed E-state index contributed by atoms with van der Waals surface area (Å²) in [5.74, 6) is 1.60. The molecule has 2 aliphatic rings. The van der Waals surface area contributed by atoms with Gasteiger partial charge in [-0.05, 0) is 36.2 Å². The standard InChI is InChI=1S/C17H14ClO2/c1-2-9-19-15-10-13-5-8-16(17(13)20-11-15)12-3-6-14(18)7-4-12/h2-8,10-11H,9H2,1H3. The van der Waals surface area contributed by atoms with Crippen molar-refractivity contribution in [3.63, 3.8) is 0 Å². The van der Waals surface area contributed by atoms with Gasteiger partial charge in [-0.25, -0.2) is 0 Å². The minimum Gasteiger partial charge on any atom is -0.490 e. The molecule has 3 rings (SSSR count). The first-order valence-corrected chi connectivity index (χ1v) is 6.83. The molecular formula is C17H14ClO2. The summed E-state index contributed by atoms with van der Waals surface area (Å²) >= 11 is 5.92. The van der Waals surface area contributed by atoms with Gasteiger partial charge in [0.05, 0.1) is 6.61 Å². The number of ether oxygens (including phenoxy) is 1. The van der Waals surface area contributed by atoms with E-state index in [1.54, 1.807) is 6.26 Å². The van der Waals surface area contributed by atoms with Crippen molar-refractivity contribution in [1.82, 2.24) is 0 Å². The van der Waals surface area contributed by atoms with Crippen LogP contribution in [0.3, 0.4) is 0 Å². The molecule has 0 amide bonds. The predicted octanol–water partition coefficient (Wildman–Crippen LogP) is 5.31. The lowest BCUT2D eigenvalue weighted by Crippen LogP contribution is -1.95. The molecule has 0 aromatic heterocycles. The fraction of sp³-hybridized carbons (Fsp3) is 0.118. The minimum absolute atomic E-state index is 0.575.